The number of hydrogen-bond donors (Lipinski definition) is 0. The molecule has 0 aliphatic heterocycles. The van der Waals surface area contributed by atoms with Crippen molar-refractivity contribution in [1.29, 1.82) is 0 Å². The van der Waals surface area contributed by atoms with Crippen molar-refractivity contribution < 1.29 is 0 Å². The number of rotatable bonds is 7. The van der Waals surface area contributed by atoms with Crippen LogP contribution in [0.1, 0.15) is 41.5 Å². The van der Waals surface area contributed by atoms with Crippen LogP contribution in [0.15, 0.2) is 0 Å². The van der Waals surface area contributed by atoms with Crippen molar-refractivity contribution in [3.8, 4) is 0 Å². The van der Waals surface area contributed by atoms with E-state index in [0.717, 1.165) is 23.7 Å². The molecule has 0 radical (unpaired) electrons. The Kier molecular flexibility index (Phi) is 7.90. The van der Waals surface area contributed by atoms with Crippen molar-refractivity contribution >= 4 is 17.6 Å². The van der Waals surface area contributed by atoms with E-state index < -0.39 is 0 Å². The van der Waals surface area contributed by atoms with Crippen LogP contribution in [0.25, 0.3) is 0 Å². The van der Waals surface area contributed by atoms with E-state index in [1.807, 2.05) is 0 Å². The maximum Gasteiger partial charge on any atom is 0.210 e. The Bertz CT molecular complexity index is 122. The molecule has 0 fully saturated rings. The second-order valence-corrected chi connectivity index (χ2v) is 6.94. The normalized spacial score (nSPS) is 11.8. The van der Waals surface area contributed by atoms with Gasteiger partial charge < -0.3 is 0 Å². The van der Waals surface area contributed by atoms with Crippen LogP contribution in [-0.2, 0) is 0 Å². The van der Waals surface area contributed by atoms with Gasteiger partial charge in [0.2, 0.25) is 5.99 Å². The molecule has 0 saturated heterocycles. The summed E-state index contributed by atoms with van der Waals surface area (Å²) < 4.78 is 0. The van der Waals surface area contributed by atoms with Crippen molar-refractivity contribution in [1.82, 2.24) is 0 Å². The Morgan fingerprint density at radius 3 is 1.50 bits per heavy atom. The third-order valence-electron chi connectivity index (χ3n) is 2.13. The molecule has 0 amide bonds. The lowest BCUT2D eigenvalue weighted by Gasteiger charge is -2.18. The Hall–Kier alpha value is 0.415. The standard InChI is InChI=1S/C12H27BS/c1-10(2)7-13(8-11(3)4)14-9-12(5)6/h10-12H,7-9H2,1-6H3. The zero-order valence-electron chi connectivity index (χ0n) is 10.8. The predicted octanol–water partition coefficient (Wildman–Crippen LogP) is 4.68. The molecule has 0 aromatic carbocycles. The summed E-state index contributed by atoms with van der Waals surface area (Å²) in [6.45, 7) is 14.0. The van der Waals surface area contributed by atoms with E-state index in [1.54, 1.807) is 0 Å². The molecule has 0 aromatic heterocycles. The Balaban J connectivity index is 3.84. The predicted molar refractivity (Wildman–Crippen MR) is 72.3 cm³/mol. The van der Waals surface area contributed by atoms with Crippen LogP contribution in [0.4, 0.5) is 0 Å². The quantitative estimate of drug-likeness (QED) is 0.554. The summed E-state index contributed by atoms with van der Waals surface area (Å²) in [5.41, 5.74) is 0. The van der Waals surface area contributed by atoms with Gasteiger partial charge in [-0.3, -0.25) is 0 Å². The smallest absolute Gasteiger partial charge is 0.210 e. The molecule has 0 saturated carbocycles. The van der Waals surface area contributed by atoms with Gasteiger partial charge in [0.25, 0.3) is 0 Å². The van der Waals surface area contributed by atoms with E-state index in [0.29, 0.717) is 0 Å². The first-order chi connectivity index (χ1) is 6.41. The molecule has 0 bridgehead atoms. The van der Waals surface area contributed by atoms with Gasteiger partial charge in [0, 0.05) is 0 Å². The van der Waals surface area contributed by atoms with Crippen LogP contribution in [0.2, 0.25) is 12.6 Å². The molecule has 0 nitrogen and oxygen atoms in total. The van der Waals surface area contributed by atoms with Crippen LogP contribution in [0, 0.1) is 17.8 Å². The average Bonchev–Trinajstić information content (AvgIpc) is 1.97. The largest absolute Gasteiger partial charge is 0.210 e. The van der Waals surface area contributed by atoms with E-state index in [9.17, 15) is 0 Å². The van der Waals surface area contributed by atoms with Gasteiger partial charge in [-0.25, -0.2) is 11.6 Å². The summed E-state index contributed by atoms with van der Waals surface area (Å²) >= 11 is 2.19. The summed E-state index contributed by atoms with van der Waals surface area (Å²) in [7, 11) is 0. The highest BCUT2D eigenvalue weighted by Gasteiger charge is 2.17. The third kappa shape index (κ3) is 8.99. The fourth-order valence-corrected chi connectivity index (χ4v) is 3.31. The highest BCUT2D eigenvalue weighted by atomic mass is 32.2. The minimum absolute atomic E-state index is 0.835. The van der Waals surface area contributed by atoms with E-state index in [4.69, 9.17) is 0 Å². The minimum atomic E-state index is 0.835. The molecule has 84 valence electrons. The molecule has 0 spiro atoms. The van der Waals surface area contributed by atoms with Crippen LogP contribution in [0.5, 0.6) is 0 Å². The molecule has 0 heterocycles. The van der Waals surface area contributed by atoms with Crippen molar-refractivity contribution in [3.63, 3.8) is 0 Å². The van der Waals surface area contributed by atoms with E-state index in [1.165, 1.54) is 18.4 Å². The Morgan fingerprint density at radius 2 is 1.21 bits per heavy atom. The third-order valence-corrected chi connectivity index (χ3v) is 3.85. The lowest BCUT2D eigenvalue weighted by molar-refractivity contribution is 0.697. The molecule has 0 atom stereocenters. The molecular weight excluding hydrogens is 187 g/mol. The minimum Gasteiger partial charge on any atom is -0.210 e. The SMILES string of the molecule is CC(C)CSB(CC(C)C)CC(C)C. The Morgan fingerprint density at radius 1 is 0.786 bits per heavy atom. The van der Waals surface area contributed by atoms with Gasteiger partial charge in [-0.2, -0.15) is 0 Å². The van der Waals surface area contributed by atoms with Gasteiger partial charge in [0.15, 0.2) is 0 Å². The summed E-state index contributed by atoms with van der Waals surface area (Å²) in [5, 5.41) is 0. The first kappa shape index (κ1) is 14.4. The molecule has 0 N–H and O–H groups in total. The van der Waals surface area contributed by atoms with Crippen LogP contribution in [0.3, 0.4) is 0 Å². The van der Waals surface area contributed by atoms with Crippen molar-refractivity contribution in [2.24, 2.45) is 17.8 Å². The van der Waals surface area contributed by atoms with E-state index in [2.05, 4.69) is 53.2 Å². The number of hydrogen-bond acceptors (Lipinski definition) is 1. The molecule has 0 aliphatic rings. The van der Waals surface area contributed by atoms with Gasteiger partial charge in [0.1, 0.15) is 0 Å². The van der Waals surface area contributed by atoms with Crippen LogP contribution in [-0.4, -0.2) is 11.7 Å². The fraction of sp³-hybridized carbons (Fsp3) is 1.00. The van der Waals surface area contributed by atoms with Crippen molar-refractivity contribution in [2.45, 2.75) is 54.2 Å². The summed E-state index contributed by atoms with van der Waals surface area (Å²) in [4.78, 5) is 0. The van der Waals surface area contributed by atoms with Gasteiger partial charge in [-0.15, -0.1) is 0 Å². The molecule has 0 unspecified atom stereocenters. The molecule has 0 aromatic rings. The van der Waals surface area contributed by atoms with Crippen molar-refractivity contribution in [3.05, 3.63) is 0 Å². The molecule has 0 rings (SSSR count). The second kappa shape index (κ2) is 7.67. The zero-order chi connectivity index (χ0) is 11.1. The fourth-order valence-electron chi connectivity index (χ4n) is 1.61. The van der Waals surface area contributed by atoms with Crippen LogP contribution < -0.4 is 0 Å². The lowest BCUT2D eigenvalue weighted by Crippen LogP contribution is -2.15. The topological polar surface area (TPSA) is 0 Å². The summed E-state index contributed by atoms with van der Waals surface area (Å²) in [5.74, 6) is 4.74. The highest BCUT2D eigenvalue weighted by molar-refractivity contribution is 8.25. The van der Waals surface area contributed by atoms with E-state index >= 15 is 0 Å². The highest BCUT2D eigenvalue weighted by Crippen LogP contribution is 2.25. The Labute approximate surface area is 95.6 Å². The maximum absolute atomic E-state index is 2.34. The molecule has 2 heteroatoms. The van der Waals surface area contributed by atoms with Crippen molar-refractivity contribution in [2.75, 3.05) is 5.75 Å². The lowest BCUT2D eigenvalue weighted by atomic mass is 9.62. The molecular formula is C12H27BS. The average molecular weight is 214 g/mol. The molecule has 0 aliphatic carbocycles. The summed E-state index contributed by atoms with van der Waals surface area (Å²) in [6.07, 6.45) is 2.77. The van der Waals surface area contributed by atoms with Gasteiger partial charge in [-0.1, -0.05) is 66.0 Å². The monoisotopic (exact) mass is 214 g/mol. The second-order valence-electron chi connectivity index (χ2n) is 5.61. The first-order valence-electron chi connectivity index (χ1n) is 6.03. The maximum atomic E-state index is 2.34. The first-order valence-corrected chi connectivity index (χ1v) is 7.08. The van der Waals surface area contributed by atoms with Gasteiger partial charge >= 0.3 is 0 Å². The van der Waals surface area contributed by atoms with Gasteiger partial charge in [-0.05, 0) is 11.7 Å². The zero-order valence-corrected chi connectivity index (χ0v) is 11.7. The summed E-state index contributed by atoms with van der Waals surface area (Å²) in [6, 6.07) is 0. The van der Waals surface area contributed by atoms with Crippen LogP contribution >= 0.6 is 11.6 Å². The van der Waals surface area contributed by atoms with E-state index in [-0.39, 0.29) is 0 Å². The molecule has 14 heavy (non-hydrogen) atoms. The van der Waals surface area contributed by atoms with Gasteiger partial charge in [0.05, 0.1) is 0 Å².